The summed E-state index contributed by atoms with van der Waals surface area (Å²) in [6.45, 7) is 4.16. The number of sulfonamides is 1. The first-order chi connectivity index (χ1) is 11.3. The Bertz CT molecular complexity index is 830. The number of aromatic hydroxyl groups is 2. The maximum atomic E-state index is 12.2. The van der Waals surface area contributed by atoms with Gasteiger partial charge in [0.1, 0.15) is 0 Å². The maximum absolute atomic E-state index is 12.2. The second-order valence-corrected chi connectivity index (χ2v) is 7.14. The molecule has 0 fully saturated rings. The van der Waals surface area contributed by atoms with Gasteiger partial charge in [0.15, 0.2) is 11.5 Å². The lowest BCUT2D eigenvalue weighted by molar-refractivity contribution is 0.403. The lowest BCUT2D eigenvalue weighted by Gasteiger charge is -2.09. The SMILES string of the molecule is CC[C@@H](C)c1ccc(S(=O)(=O)N/N=C\c2ccc(O)c(O)c2)cc1. The van der Waals surface area contributed by atoms with Crippen molar-refractivity contribution in [2.75, 3.05) is 0 Å². The zero-order valence-electron chi connectivity index (χ0n) is 13.5. The zero-order chi connectivity index (χ0) is 17.7. The Balaban J connectivity index is 2.10. The molecule has 0 aromatic heterocycles. The number of phenolic OH excluding ortho intramolecular Hbond substituents is 2. The van der Waals surface area contributed by atoms with Crippen molar-refractivity contribution in [1.29, 1.82) is 0 Å². The van der Waals surface area contributed by atoms with Gasteiger partial charge in [-0.1, -0.05) is 26.0 Å². The van der Waals surface area contributed by atoms with Crippen LogP contribution in [-0.4, -0.2) is 24.8 Å². The second-order valence-electron chi connectivity index (χ2n) is 5.48. The highest BCUT2D eigenvalue weighted by molar-refractivity contribution is 7.89. The first kappa shape index (κ1) is 17.8. The monoisotopic (exact) mass is 348 g/mol. The number of nitrogens with zero attached hydrogens (tertiary/aromatic N) is 1. The summed E-state index contributed by atoms with van der Waals surface area (Å²) in [5.41, 5.74) is 1.53. The summed E-state index contributed by atoms with van der Waals surface area (Å²) in [6.07, 6.45) is 2.22. The third kappa shape index (κ3) is 4.26. The molecule has 0 amide bonds. The molecule has 0 saturated heterocycles. The summed E-state index contributed by atoms with van der Waals surface area (Å²) in [7, 11) is -3.76. The summed E-state index contributed by atoms with van der Waals surface area (Å²) < 4.78 is 24.4. The fraction of sp³-hybridized carbons (Fsp3) is 0.235. The van der Waals surface area contributed by atoms with Crippen LogP contribution in [0.1, 0.15) is 37.3 Å². The van der Waals surface area contributed by atoms with Gasteiger partial charge >= 0.3 is 0 Å². The first-order valence-electron chi connectivity index (χ1n) is 7.50. The molecule has 2 aromatic rings. The molecule has 0 heterocycles. The van der Waals surface area contributed by atoms with Gasteiger partial charge < -0.3 is 10.2 Å². The first-order valence-corrected chi connectivity index (χ1v) is 8.98. The van der Waals surface area contributed by atoms with Gasteiger partial charge in [0.05, 0.1) is 11.1 Å². The Kier molecular flexibility index (Phi) is 5.46. The molecule has 0 spiro atoms. The van der Waals surface area contributed by atoms with Crippen LogP contribution in [0.4, 0.5) is 0 Å². The van der Waals surface area contributed by atoms with Crippen LogP contribution in [0.5, 0.6) is 11.5 Å². The van der Waals surface area contributed by atoms with Gasteiger partial charge in [0, 0.05) is 0 Å². The number of nitrogens with one attached hydrogen (secondary N) is 1. The second kappa shape index (κ2) is 7.35. The van der Waals surface area contributed by atoms with E-state index in [9.17, 15) is 18.6 Å². The van der Waals surface area contributed by atoms with E-state index in [2.05, 4.69) is 23.8 Å². The molecule has 2 rings (SSSR count). The lowest BCUT2D eigenvalue weighted by atomic mass is 9.99. The Morgan fingerprint density at radius 1 is 1.12 bits per heavy atom. The smallest absolute Gasteiger partial charge is 0.276 e. The van der Waals surface area contributed by atoms with Gasteiger partial charge in [-0.2, -0.15) is 13.5 Å². The van der Waals surface area contributed by atoms with Crippen molar-refractivity contribution in [2.24, 2.45) is 5.10 Å². The van der Waals surface area contributed by atoms with Crippen molar-refractivity contribution in [3.63, 3.8) is 0 Å². The highest BCUT2D eigenvalue weighted by Crippen LogP contribution is 2.24. The van der Waals surface area contributed by atoms with Crippen molar-refractivity contribution < 1.29 is 18.6 Å². The van der Waals surface area contributed by atoms with E-state index in [4.69, 9.17) is 0 Å². The lowest BCUT2D eigenvalue weighted by Crippen LogP contribution is -2.18. The van der Waals surface area contributed by atoms with E-state index in [0.29, 0.717) is 11.5 Å². The molecule has 6 nitrogen and oxygen atoms in total. The average Bonchev–Trinajstić information content (AvgIpc) is 2.57. The molecular formula is C17H20N2O4S. The van der Waals surface area contributed by atoms with Gasteiger partial charge in [-0.15, -0.1) is 0 Å². The molecular weight excluding hydrogens is 328 g/mol. The highest BCUT2D eigenvalue weighted by atomic mass is 32.2. The summed E-state index contributed by atoms with van der Waals surface area (Å²) in [5.74, 6) is -0.188. The molecule has 7 heteroatoms. The molecule has 128 valence electrons. The summed E-state index contributed by atoms with van der Waals surface area (Å²) in [6, 6.07) is 10.7. The van der Waals surface area contributed by atoms with Crippen molar-refractivity contribution >= 4 is 16.2 Å². The maximum Gasteiger partial charge on any atom is 0.276 e. The molecule has 3 N–H and O–H groups in total. The van der Waals surface area contributed by atoms with E-state index in [0.717, 1.165) is 12.0 Å². The van der Waals surface area contributed by atoms with Crippen LogP contribution in [0, 0.1) is 0 Å². The number of hydrogen-bond acceptors (Lipinski definition) is 5. The largest absolute Gasteiger partial charge is 0.504 e. The summed E-state index contributed by atoms with van der Waals surface area (Å²) in [5, 5.41) is 22.3. The van der Waals surface area contributed by atoms with Crippen LogP contribution in [0.3, 0.4) is 0 Å². The number of hydrazone groups is 1. The Hall–Kier alpha value is -2.54. The van der Waals surface area contributed by atoms with E-state index >= 15 is 0 Å². The zero-order valence-corrected chi connectivity index (χ0v) is 14.3. The minimum Gasteiger partial charge on any atom is -0.504 e. The number of rotatable bonds is 6. The van der Waals surface area contributed by atoms with Crippen molar-refractivity contribution in [2.45, 2.75) is 31.1 Å². The topological polar surface area (TPSA) is 99.0 Å². The Morgan fingerprint density at radius 2 is 1.79 bits per heavy atom. The third-order valence-electron chi connectivity index (χ3n) is 3.76. The number of hydrogen-bond donors (Lipinski definition) is 3. The third-order valence-corrected chi connectivity index (χ3v) is 5.00. The normalized spacial score (nSPS) is 13.1. The minimum absolute atomic E-state index is 0.125. The van der Waals surface area contributed by atoms with E-state index in [1.807, 2.05) is 0 Å². The predicted molar refractivity (Wildman–Crippen MR) is 92.8 cm³/mol. The van der Waals surface area contributed by atoms with Crippen LogP contribution >= 0.6 is 0 Å². The minimum atomic E-state index is -3.76. The van der Waals surface area contributed by atoms with Gasteiger partial charge in [0.25, 0.3) is 10.0 Å². The van der Waals surface area contributed by atoms with Gasteiger partial charge in [0.2, 0.25) is 0 Å². The number of phenols is 2. The summed E-state index contributed by atoms with van der Waals surface area (Å²) >= 11 is 0. The molecule has 24 heavy (non-hydrogen) atoms. The van der Waals surface area contributed by atoms with Crippen LogP contribution in [0.15, 0.2) is 52.5 Å². The van der Waals surface area contributed by atoms with Crippen LogP contribution < -0.4 is 4.83 Å². The van der Waals surface area contributed by atoms with Crippen molar-refractivity contribution in [1.82, 2.24) is 4.83 Å². The molecule has 0 aliphatic heterocycles. The van der Waals surface area contributed by atoms with Crippen LogP contribution in [0.2, 0.25) is 0 Å². The highest BCUT2D eigenvalue weighted by Gasteiger charge is 2.13. The van der Waals surface area contributed by atoms with Crippen LogP contribution in [0.25, 0.3) is 0 Å². The van der Waals surface area contributed by atoms with Crippen molar-refractivity contribution in [3.8, 4) is 11.5 Å². The quantitative estimate of drug-likeness (QED) is 0.424. The van der Waals surface area contributed by atoms with Gasteiger partial charge in [-0.3, -0.25) is 0 Å². The van der Waals surface area contributed by atoms with Gasteiger partial charge in [-0.25, -0.2) is 4.83 Å². The molecule has 0 unspecified atom stereocenters. The van der Waals surface area contributed by atoms with Gasteiger partial charge in [-0.05, 0) is 53.8 Å². The van der Waals surface area contributed by atoms with E-state index in [1.54, 1.807) is 24.3 Å². The molecule has 0 aliphatic carbocycles. The molecule has 0 radical (unpaired) electrons. The van der Waals surface area contributed by atoms with E-state index in [1.165, 1.54) is 24.4 Å². The van der Waals surface area contributed by atoms with E-state index in [-0.39, 0.29) is 16.4 Å². The summed E-state index contributed by atoms with van der Waals surface area (Å²) in [4.78, 5) is 2.24. The van der Waals surface area contributed by atoms with Crippen molar-refractivity contribution in [3.05, 3.63) is 53.6 Å². The van der Waals surface area contributed by atoms with Crippen LogP contribution in [-0.2, 0) is 10.0 Å². The molecule has 0 saturated carbocycles. The predicted octanol–water partition coefficient (Wildman–Crippen LogP) is 2.92. The fourth-order valence-electron chi connectivity index (χ4n) is 2.05. The Morgan fingerprint density at radius 3 is 2.38 bits per heavy atom. The molecule has 0 aliphatic rings. The standard InChI is InChI=1S/C17H20N2O4S/c1-3-12(2)14-5-7-15(8-6-14)24(22,23)19-18-11-13-4-9-16(20)17(21)10-13/h4-12,19-21H,3H2,1-2H3/b18-11-/t12-/m1/s1. The van der Waals surface area contributed by atoms with E-state index < -0.39 is 10.0 Å². The Labute approximate surface area is 141 Å². The fourth-order valence-corrected chi connectivity index (χ4v) is 2.85. The molecule has 1 atom stereocenters. The molecule has 0 bridgehead atoms. The average molecular weight is 348 g/mol. The number of benzene rings is 2. The molecule has 2 aromatic carbocycles.